The second-order valence-electron chi connectivity index (χ2n) is 3.47. The Hall–Kier alpha value is -1.61. The van der Waals surface area contributed by atoms with Crippen LogP contribution in [-0.4, -0.2) is 14.7 Å². The molecule has 3 nitrogen and oxygen atoms in total. The molecule has 0 saturated carbocycles. The van der Waals surface area contributed by atoms with Gasteiger partial charge in [0.25, 0.3) is 0 Å². The first-order valence-corrected chi connectivity index (χ1v) is 5.04. The highest BCUT2D eigenvalue weighted by atomic mass is 16.3. The summed E-state index contributed by atoms with van der Waals surface area (Å²) in [5.41, 5.74) is 2.17. The molecule has 3 heteroatoms. The highest BCUT2D eigenvalue weighted by Gasteiger charge is 2.00. The van der Waals surface area contributed by atoms with E-state index >= 15 is 0 Å². The van der Waals surface area contributed by atoms with Gasteiger partial charge in [-0.2, -0.15) is 0 Å². The highest BCUT2D eigenvalue weighted by molar-refractivity contribution is 5.14. The van der Waals surface area contributed by atoms with Crippen molar-refractivity contribution in [2.45, 2.75) is 19.6 Å². The van der Waals surface area contributed by atoms with Crippen molar-refractivity contribution < 1.29 is 5.11 Å². The van der Waals surface area contributed by atoms with E-state index in [4.69, 9.17) is 5.11 Å². The van der Waals surface area contributed by atoms with Crippen molar-refractivity contribution in [1.82, 2.24) is 9.55 Å². The predicted molar refractivity (Wildman–Crippen MR) is 58.3 cm³/mol. The number of benzene rings is 1. The van der Waals surface area contributed by atoms with Gasteiger partial charge < -0.3 is 9.67 Å². The summed E-state index contributed by atoms with van der Waals surface area (Å²) in [5.74, 6) is 0. The molecule has 0 atom stereocenters. The molecular weight excluding hydrogens is 188 g/mol. The maximum atomic E-state index is 9.04. The third kappa shape index (κ3) is 2.44. The molecule has 1 aromatic carbocycles. The van der Waals surface area contributed by atoms with Crippen LogP contribution in [0.4, 0.5) is 0 Å². The number of hydrogen-bond donors (Lipinski definition) is 1. The first-order valence-electron chi connectivity index (χ1n) is 5.04. The van der Waals surface area contributed by atoms with Gasteiger partial charge in [0.1, 0.15) is 0 Å². The van der Waals surface area contributed by atoms with Gasteiger partial charge in [0.2, 0.25) is 0 Å². The van der Waals surface area contributed by atoms with E-state index in [1.807, 2.05) is 22.8 Å². The number of imidazole rings is 1. The lowest BCUT2D eigenvalue weighted by atomic mass is 10.1. The molecule has 78 valence electrons. The minimum Gasteiger partial charge on any atom is -0.390 e. The van der Waals surface area contributed by atoms with Crippen LogP contribution in [0.1, 0.15) is 11.3 Å². The summed E-state index contributed by atoms with van der Waals surface area (Å²) in [5, 5.41) is 9.04. The topological polar surface area (TPSA) is 38.1 Å². The molecule has 1 aromatic heterocycles. The standard InChI is InChI=1S/C12H14N2O/c15-9-12-8-13-10-14(12)7-6-11-4-2-1-3-5-11/h1-5,8,10,15H,6-7,9H2. The fraction of sp³-hybridized carbons (Fsp3) is 0.250. The Labute approximate surface area is 89.0 Å². The second-order valence-corrected chi connectivity index (χ2v) is 3.47. The van der Waals surface area contributed by atoms with E-state index in [0.29, 0.717) is 0 Å². The van der Waals surface area contributed by atoms with Gasteiger partial charge in [-0.3, -0.25) is 0 Å². The predicted octanol–water partition coefficient (Wildman–Crippen LogP) is 1.62. The van der Waals surface area contributed by atoms with Crippen molar-refractivity contribution in [2.75, 3.05) is 0 Å². The molecule has 1 heterocycles. The maximum Gasteiger partial charge on any atom is 0.0948 e. The first kappa shape index (κ1) is 9.93. The zero-order valence-electron chi connectivity index (χ0n) is 8.50. The molecule has 0 bridgehead atoms. The number of rotatable bonds is 4. The van der Waals surface area contributed by atoms with E-state index in [9.17, 15) is 0 Å². The van der Waals surface area contributed by atoms with Crippen molar-refractivity contribution in [2.24, 2.45) is 0 Å². The summed E-state index contributed by atoms with van der Waals surface area (Å²) in [6.45, 7) is 0.911. The monoisotopic (exact) mass is 202 g/mol. The number of aromatic nitrogens is 2. The average Bonchev–Trinajstić information content (AvgIpc) is 2.75. The second kappa shape index (κ2) is 4.75. The van der Waals surface area contributed by atoms with Crippen LogP contribution >= 0.6 is 0 Å². The Morgan fingerprint density at radius 1 is 1.20 bits per heavy atom. The van der Waals surface area contributed by atoms with Gasteiger partial charge in [-0.05, 0) is 12.0 Å². The number of hydrogen-bond acceptors (Lipinski definition) is 2. The van der Waals surface area contributed by atoms with Crippen LogP contribution in [0.2, 0.25) is 0 Å². The van der Waals surface area contributed by atoms with E-state index in [1.54, 1.807) is 12.5 Å². The summed E-state index contributed by atoms with van der Waals surface area (Å²) in [6, 6.07) is 10.3. The lowest BCUT2D eigenvalue weighted by molar-refractivity contribution is 0.270. The Bertz CT molecular complexity index is 409. The van der Waals surface area contributed by atoms with Crippen LogP contribution < -0.4 is 0 Å². The van der Waals surface area contributed by atoms with Crippen LogP contribution in [-0.2, 0) is 19.6 Å². The molecule has 0 aliphatic carbocycles. The zero-order chi connectivity index (χ0) is 10.5. The molecule has 0 saturated heterocycles. The number of nitrogens with zero attached hydrogens (tertiary/aromatic N) is 2. The minimum atomic E-state index is 0.0504. The number of aliphatic hydroxyl groups is 1. The quantitative estimate of drug-likeness (QED) is 0.818. The Kier molecular flexibility index (Phi) is 3.15. The van der Waals surface area contributed by atoms with Crippen LogP contribution in [0.3, 0.4) is 0 Å². The molecule has 0 spiro atoms. The van der Waals surface area contributed by atoms with Gasteiger partial charge >= 0.3 is 0 Å². The Morgan fingerprint density at radius 2 is 2.00 bits per heavy atom. The minimum absolute atomic E-state index is 0.0504. The molecule has 0 aliphatic heterocycles. The van der Waals surface area contributed by atoms with Crippen molar-refractivity contribution in [3.05, 3.63) is 54.1 Å². The molecule has 0 amide bonds. The third-order valence-corrected chi connectivity index (χ3v) is 2.44. The lowest BCUT2D eigenvalue weighted by Crippen LogP contribution is -2.04. The molecule has 0 fully saturated rings. The Morgan fingerprint density at radius 3 is 2.73 bits per heavy atom. The third-order valence-electron chi connectivity index (χ3n) is 2.44. The molecule has 1 N–H and O–H groups in total. The molecule has 0 aliphatic rings. The smallest absolute Gasteiger partial charge is 0.0948 e. The number of aryl methyl sites for hydroxylation is 2. The van der Waals surface area contributed by atoms with Gasteiger partial charge in [0.15, 0.2) is 0 Å². The summed E-state index contributed by atoms with van der Waals surface area (Å²) in [7, 11) is 0. The Balaban J connectivity index is 1.99. The van der Waals surface area contributed by atoms with E-state index in [2.05, 4.69) is 17.1 Å². The van der Waals surface area contributed by atoms with E-state index in [-0.39, 0.29) is 6.61 Å². The maximum absolute atomic E-state index is 9.04. The number of aliphatic hydroxyl groups excluding tert-OH is 1. The first-order chi connectivity index (χ1) is 7.40. The van der Waals surface area contributed by atoms with E-state index in [0.717, 1.165) is 18.7 Å². The van der Waals surface area contributed by atoms with Gasteiger partial charge in [-0.15, -0.1) is 0 Å². The van der Waals surface area contributed by atoms with Crippen molar-refractivity contribution in [1.29, 1.82) is 0 Å². The summed E-state index contributed by atoms with van der Waals surface area (Å²) < 4.78 is 1.98. The fourth-order valence-corrected chi connectivity index (χ4v) is 1.58. The van der Waals surface area contributed by atoms with Gasteiger partial charge in [-0.25, -0.2) is 4.98 Å². The molecule has 0 radical (unpaired) electrons. The normalized spacial score (nSPS) is 10.5. The SMILES string of the molecule is OCc1cncn1CCc1ccccc1. The average molecular weight is 202 g/mol. The van der Waals surface area contributed by atoms with Gasteiger partial charge in [0.05, 0.1) is 24.8 Å². The molecule has 0 unspecified atom stereocenters. The van der Waals surface area contributed by atoms with E-state index < -0.39 is 0 Å². The van der Waals surface area contributed by atoms with Crippen LogP contribution in [0.5, 0.6) is 0 Å². The lowest BCUT2D eigenvalue weighted by Gasteiger charge is -2.05. The summed E-state index contributed by atoms with van der Waals surface area (Å²) >= 11 is 0. The fourth-order valence-electron chi connectivity index (χ4n) is 1.58. The summed E-state index contributed by atoms with van der Waals surface area (Å²) in [6.07, 6.45) is 4.42. The largest absolute Gasteiger partial charge is 0.390 e. The van der Waals surface area contributed by atoms with Crippen LogP contribution in [0.15, 0.2) is 42.9 Å². The van der Waals surface area contributed by atoms with Crippen molar-refractivity contribution in [3.63, 3.8) is 0 Å². The van der Waals surface area contributed by atoms with Gasteiger partial charge in [-0.1, -0.05) is 30.3 Å². The highest BCUT2D eigenvalue weighted by Crippen LogP contribution is 2.04. The van der Waals surface area contributed by atoms with Crippen LogP contribution in [0.25, 0.3) is 0 Å². The molecule has 2 aromatic rings. The molecule has 2 rings (SSSR count). The molecular formula is C12H14N2O. The van der Waals surface area contributed by atoms with Crippen molar-refractivity contribution in [3.8, 4) is 0 Å². The van der Waals surface area contributed by atoms with E-state index in [1.165, 1.54) is 5.56 Å². The zero-order valence-corrected chi connectivity index (χ0v) is 8.50. The van der Waals surface area contributed by atoms with Gasteiger partial charge in [0, 0.05) is 6.54 Å². The summed E-state index contributed by atoms with van der Waals surface area (Å²) in [4.78, 5) is 4.01. The molecule has 15 heavy (non-hydrogen) atoms. The van der Waals surface area contributed by atoms with Crippen LogP contribution in [0, 0.1) is 0 Å². The van der Waals surface area contributed by atoms with Crippen molar-refractivity contribution >= 4 is 0 Å².